The Morgan fingerprint density at radius 2 is 2.00 bits per heavy atom. The van der Waals surface area contributed by atoms with Crippen molar-refractivity contribution in [1.82, 2.24) is 14.8 Å². The van der Waals surface area contributed by atoms with Crippen LogP contribution in [-0.2, 0) is 0 Å². The lowest BCUT2D eigenvalue weighted by molar-refractivity contribution is 0.0664. The predicted octanol–water partition coefficient (Wildman–Crippen LogP) is 2.54. The molecular weight excluding hydrogens is 318 g/mol. The van der Waals surface area contributed by atoms with E-state index in [1.54, 1.807) is 12.4 Å². The number of halogens is 1. The first-order valence-corrected chi connectivity index (χ1v) is 8.08. The molecule has 3 heterocycles. The van der Waals surface area contributed by atoms with Gasteiger partial charge in [0.15, 0.2) is 0 Å². The molecule has 108 valence electrons. The molecule has 3 rings (SSSR count). The lowest BCUT2D eigenvalue weighted by atomic mass is 10.0. The third-order valence-electron chi connectivity index (χ3n) is 4.53. The molecule has 2 aliphatic heterocycles. The summed E-state index contributed by atoms with van der Waals surface area (Å²) in [6.45, 7) is 2.03. The average Bonchev–Trinajstić information content (AvgIpc) is 3.06. The maximum Gasteiger partial charge on any atom is 0.255 e. The van der Waals surface area contributed by atoms with Gasteiger partial charge in [-0.3, -0.25) is 9.78 Å². The van der Waals surface area contributed by atoms with Crippen LogP contribution in [0.2, 0.25) is 0 Å². The fourth-order valence-corrected chi connectivity index (χ4v) is 3.93. The minimum absolute atomic E-state index is 0.126. The molecule has 1 aromatic rings. The topological polar surface area (TPSA) is 36.4 Å². The summed E-state index contributed by atoms with van der Waals surface area (Å²) in [7, 11) is 2.18. The highest BCUT2D eigenvalue weighted by Gasteiger charge is 2.38. The summed E-state index contributed by atoms with van der Waals surface area (Å²) >= 11 is 3.39. The van der Waals surface area contributed by atoms with Crippen LogP contribution in [0, 0.1) is 0 Å². The van der Waals surface area contributed by atoms with Crippen molar-refractivity contribution >= 4 is 21.8 Å². The van der Waals surface area contributed by atoms with E-state index < -0.39 is 0 Å². The van der Waals surface area contributed by atoms with E-state index >= 15 is 0 Å². The van der Waals surface area contributed by atoms with Crippen molar-refractivity contribution < 1.29 is 4.79 Å². The monoisotopic (exact) mass is 337 g/mol. The summed E-state index contributed by atoms with van der Waals surface area (Å²) < 4.78 is 0.858. The van der Waals surface area contributed by atoms with Gasteiger partial charge in [0.1, 0.15) is 0 Å². The van der Waals surface area contributed by atoms with E-state index in [9.17, 15) is 4.79 Å². The number of amides is 1. The summed E-state index contributed by atoms with van der Waals surface area (Å²) in [5.74, 6) is 0.126. The molecule has 2 atom stereocenters. The van der Waals surface area contributed by atoms with Crippen LogP contribution < -0.4 is 0 Å². The van der Waals surface area contributed by atoms with E-state index in [0.29, 0.717) is 17.6 Å². The molecule has 0 radical (unpaired) electrons. The van der Waals surface area contributed by atoms with Crippen LogP contribution in [0.15, 0.2) is 22.9 Å². The standard InChI is InChI=1S/C15H20BrN3O/c1-18-6-2-4-13(18)14-5-3-7-19(14)15(20)11-8-12(16)10-17-9-11/h8-10,13-14H,2-7H2,1H3/t13-,14+/m0/s1. The summed E-state index contributed by atoms with van der Waals surface area (Å²) in [4.78, 5) is 21.3. The molecular formula is C15H20BrN3O. The van der Waals surface area contributed by atoms with Crippen LogP contribution in [-0.4, -0.2) is 52.9 Å². The fraction of sp³-hybridized carbons (Fsp3) is 0.600. The van der Waals surface area contributed by atoms with Gasteiger partial charge in [-0.1, -0.05) is 0 Å². The van der Waals surface area contributed by atoms with E-state index in [1.165, 1.54) is 12.8 Å². The number of likely N-dealkylation sites (tertiary alicyclic amines) is 2. The summed E-state index contributed by atoms with van der Waals surface area (Å²) in [6.07, 6.45) is 8.08. The second kappa shape index (κ2) is 5.82. The van der Waals surface area contributed by atoms with Crippen molar-refractivity contribution in [1.29, 1.82) is 0 Å². The summed E-state index contributed by atoms with van der Waals surface area (Å²) in [6, 6.07) is 2.76. The number of rotatable bonds is 2. The Balaban J connectivity index is 1.79. The number of aromatic nitrogens is 1. The smallest absolute Gasteiger partial charge is 0.255 e. The zero-order valence-electron chi connectivity index (χ0n) is 11.8. The van der Waals surface area contributed by atoms with E-state index in [0.717, 1.165) is 30.4 Å². The molecule has 20 heavy (non-hydrogen) atoms. The predicted molar refractivity (Wildman–Crippen MR) is 81.6 cm³/mol. The second-order valence-corrected chi connectivity index (χ2v) is 6.71. The Hall–Kier alpha value is -0.940. The molecule has 0 spiro atoms. The van der Waals surface area contributed by atoms with Crippen molar-refractivity contribution in [3.63, 3.8) is 0 Å². The molecule has 1 amide bonds. The lowest BCUT2D eigenvalue weighted by Crippen LogP contribution is -2.47. The van der Waals surface area contributed by atoms with Crippen LogP contribution in [0.5, 0.6) is 0 Å². The highest BCUT2D eigenvalue weighted by molar-refractivity contribution is 9.10. The zero-order valence-corrected chi connectivity index (χ0v) is 13.3. The van der Waals surface area contributed by atoms with E-state index in [4.69, 9.17) is 0 Å². The van der Waals surface area contributed by atoms with Gasteiger partial charge in [0, 0.05) is 35.5 Å². The number of carbonyl (C=O) groups is 1. The van der Waals surface area contributed by atoms with E-state index in [1.807, 2.05) is 6.07 Å². The molecule has 0 bridgehead atoms. The first kappa shape index (κ1) is 14.0. The van der Waals surface area contributed by atoms with Crippen LogP contribution in [0.3, 0.4) is 0 Å². The van der Waals surface area contributed by atoms with Crippen LogP contribution in [0.4, 0.5) is 0 Å². The van der Waals surface area contributed by atoms with Crippen molar-refractivity contribution in [3.8, 4) is 0 Å². The number of likely N-dealkylation sites (N-methyl/N-ethyl adjacent to an activating group) is 1. The highest BCUT2D eigenvalue weighted by Crippen LogP contribution is 2.30. The Labute approximate surface area is 128 Å². The van der Waals surface area contributed by atoms with Crippen molar-refractivity contribution in [2.75, 3.05) is 20.1 Å². The van der Waals surface area contributed by atoms with Gasteiger partial charge in [-0.05, 0) is 61.3 Å². The van der Waals surface area contributed by atoms with E-state index in [-0.39, 0.29) is 5.91 Å². The molecule has 0 saturated carbocycles. The van der Waals surface area contributed by atoms with Gasteiger partial charge in [0.2, 0.25) is 0 Å². The third-order valence-corrected chi connectivity index (χ3v) is 4.97. The molecule has 0 unspecified atom stereocenters. The lowest BCUT2D eigenvalue weighted by Gasteiger charge is -2.33. The maximum absolute atomic E-state index is 12.7. The molecule has 0 aromatic carbocycles. The van der Waals surface area contributed by atoms with Crippen molar-refractivity contribution in [2.24, 2.45) is 0 Å². The zero-order chi connectivity index (χ0) is 14.1. The quantitative estimate of drug-likeness (QED) is 0.832. The molecule has 4 nitrogen and oxygen atoms in total. The van der Waals surface area contributed by atoms with Gasteiger partial charge < -0.3 is 9.80 Å². The summed E-state index contributed by atoms with van der Waals surface area (Å²) in [5.41, 5.74) is 0.687. The molecule has 2 saturated heterocycles. The Morgan fingerprint density at radius 3 is 2.70 bits per heavy atom. The molecule has 0 aliphatic carbocycles. The summed E-state index contributed by atoms with van der Waals surface area (Å²) in [5, 5.41) is 0. The molecule has 0 N–H and O–H groups in total. The van der Waals surface area contributed by atoms with Gasteiger partial charge in [0.25, 0.3) is 5.91 Å². The number of pyridine rings is 1. The molecule has 1 aromatic heterocycles. The van der Waals surface area contributed by atoms with Gasteiger partial charge in [-0.15, -0.1) is 0 Å². The first-order chi connectivity index (χ1) is 9.66. The second-order valence-electron chi connectivity index (χ2n) is 5.79. The normalized spacial score (nSPS) is 27.2. The number of nitrogens with zero attached hydrogens (tertiary/aromatic N) is 3. The SMILES string of the molecule is CN1CCC[C@H]1[C@H]1CCCN1C(=O)c1cncc(Br)c1. The molecule has 5 heteroatoms. The number of hydrogen-bond donors (Lipinski definition) is 0. The van der Waals surface area contributed by atoms with Gasteiger partial charge in [-0.2, -0.15) is 0 Å². The number of hydrogen-bond acceptors (Lipinski definition) is 3. The van der Waals surface area contributed by atoms with Gasteiger partial charge in [0.05, 0.1) is 5.56 Å². The Kier molecular flexibility index (Phi) is 4.08. The Bertz CT molecular complexity index is 508. The van der Waals surface area contributed by atoms with Crippen LogP contribution in [0.25, 0.3) is 0 Å². The van der Waals surface area contributed by atoms with Gasteiger partial charge >= 0.3 is 0 Å². The van der Waals surface area contributed by atoms with Crippen molar-refractivity contribution in [3.05, 3.63) is 28.5 Å². The fourth-order valence-electron chi connectivity index (χ4n) is 3.56. The van der Waals surface area contributed by atoms with E-state index in [2.05, 4.69) is 37.8 Å². The van der Waals surface area contributed by atoms with Crippen molar-refractivity contribution in [2.45, 2.75) is 37.8 Å². The third kappa shape index (κ3) is 2.61. The van der Waals surface area contributed by atoms with Crippen LogP contribution in [0.1, 0.15) is 36.0 Å². The maximum atomic E-state index is 12.7. The molecule has 2 fully saturated rings. The average molecular weight is 338 g/mol. The van der Waals surface area contributed by atoms with Crippen LogP contribution >= 0.6 is 15.9 Å². The minimum Gasteiger partial charge on any atom is -0.334 e. The first-order valence-electron chi connectivity index (χ1n) is 7.28. The Morgan fingerprint density at radius 1 is 1.25 bits per heavy atom. The minimum atomic E-state index is 0.126. The highest BCUT2D eigenvalue weighted by atomic mass is 79.9. The number of carbonyl (C=O) groups excluding carboxylic acids is 1. The largest absolute Gasteiger partial charge is 0.334 e. The van der Waals surface area contributed by atoms with Gasteiger partial charge in [-0.25, -0.2) is 0 Å². The molecule has 2 aliphatic rings.